The van der Waals surface area contributed by atoms with Gasteiger partial charge in [-0.2, -0.15) is 13.2 Å². The molecule has 0 atom stereocenters. The third kappa shape index (κ3) is 3.57. The Bertz CT molecular complexity index is 966. The average Bonchev–Trinajstić information content (AvgIpc) is 2.96. The third-order valence-electron chi connectivity index (χ3n) is 5.39. The molecule has 2 fully saturated rings. The number of benzene rings is 1. The van der Waals surface area contributed by atoms with Gasteiger partial charge < -0.3 is 9.80 Å². The summed E-state index contributed by atoms with van der Waals surface area (Å²) in [6.07, 6.45) is -4.07. The molecular formula is C18H16ClF4N3O2S. The Labute approximate surface area is 172 Å². The first-order valence-electron chi connectivity index (χ1n) is 8.91. The van der Waals surface area contributed by atoms with E-state index in [4.69, 9.17) is 11.6 Å². The Morgan fingerprint density at radius 1 is 1.17 bits per heavy atom. The summed E-state index contributed by atoms with van der Waals surface area (Å²) < 4.78 is 53.2. The van der Waals surface area contributed by atoms with E-state index in [0.717, 1.165) is 12.5 Å². The number of amides is 2. The summed E-state index contributed by atoms with van der Waals surface area (Å²) >= 11 is 6.77. The minimum absolute atomic E-state index is 0.0120. The van der Waals surface area contributed by atoms with E-state index in [2.05, 4.69) is 4.90 Å². The molecule has 156 valence electrons. The van der Waals surface area contributed by atoms with Crippen LogP contribution in [0.1, 0.15) is 15.2 Å². The zero-order valence-electron chi connectivity index (χ0n) is 15.0. The zero-order chi connectivity index (χ0) is 20.9. The zero-order valence-corrected chi connectivity index (χ0v) is 16.6. The van der Waals surface area contributed by atoms with Crippen molar-refractivity contribution in [1.82, 2.24) is 14.7 Å². The number of hydrogen-bond donors (Lipinski definition) is 0. The van der Waals surface area contributed by atoms with Crippen molar-refractivity contribution in [2.24, 2.45) is 0 Å². The van der Waals surface area contributed by atoms with Crippen LogP contribution < -0.4 is 0 Å². The minimum atomic E-state index is -4.89. The molecule has 0 saturated carbocycles. The summed E-state index contributed by atoms with van der Waals surface area (Å²) in [5, 5.41) is -0.0562. The lowest BCUT2D eigenvalue weighted by Crippen LogP contribution is -2.64. The number of alkyl halides is 3. The fourth-order valence-electron chi connectivity index (χ4n) is 3.71. The largest absolute Gasteiger partial charge is 0.420 e. The van der Waals surface area contributed by atoms with Crippen LogP contribution in [0.4, 0.5) is 17.6 Å². The highest BCUT2D eigenvalue weighted by molar-refractivity contribution is 7.21. The van der Waals surface area contributed by atoms with Gasteiger partial charge in [-0.05, 0) is 12.1 Å². The molecule has 3 heterocycles. The first kappa shape index (κ1) is 20.4. The molecule has 11 heteroatoms. The highest BCUT2D eigenvalue weighted by Crippen LogP contribution is 2.44. The molecule has 0 bridgehead atoms. The minimum Gasteiger partial charge on any atom is -0.343 e. The number of nitrogens with zero attached hydrogens (tertiary/aromatic N) is 3. The second-order valence-electron chi connectivity index (χ2n) is 7.08. The average molecular weight is 450 g/mol. The topological polar surface area (TPSA) is 43.9 Å². The lowest BCUT2D eigenvalue weighted by atomic mass is 10.1. The molecule has 2 saturated heterocycles. The van der Waals surface area contributed by atoms with Gasteiger partial charge in [0.15, 0.2) is 0 Å². The van der Waals surface area contributed by atoms with Crippen LogP contribution in [0, 0.1) is 5.82 Å². The summed E-state index contributed by atoms with van der Waals surface area (Å²) in [6.45, 7) is 3.55. The van der Waals surface area contributed by atoms with Gasteiger partial charge in [-0.15, -0.1) is 11.3 Å². The van der Waals surface area contributed by atoms with Crippen molar-refractivity contribution in [1.29, 1.82) is 0 Å². The van der Waals surface area contributed by atoms with Crippen molar-refractivity contribution in [2.45, 2.75) is 12.2 Å². The number of carbonyl (C=O) groups excluding carboxylic acids is 2. The summed E-state index contributed by atoms with van der Waals surface area (Å²) in [5.41, 5.74) is -1.39. The second kappa shape index (κ2) is 7.41. The molecule has 4 rings (SSSR count). The first-order valence-corrected chi connectivity index (χ1v) is 10.1. The van der Waals surface area contributed by atoms with E-state index in [0.29, 0.717) is 50.6 Å². The Hall–Kier alpha value is -1.91. The maximum Gasteiger partial charge on any atom is 0.420 e. The van der Waals surface area contributed by atoms with Gasteiger partial charge in [-0.25, -0.2) is 4.39 Å². The maximum absolute atomic E-state index is 13.8. The Morgan fingerprint density at radius 3 is 2.41 bits per heavy atom. The highest BCUT2D eigenvalue weighted by Gasteiger charge is 2.40. The van der Waals surface area contributed by atoms with Crippen molar-refractivity contribution in [3.05, 3.63) is 33.4 Å². The molecule has 2 aromatic rings. The van der Waals surface area contributed by atoms with Gasteiger partial charge in [0.1, 0.15) is 16.3 Å². The highest BCUT2D eigenvalue weighted by atomic mass is 35.5. The molecule has 2 aliphatic heterocycles. The monoisotopic (exact) mass is 449 g/mol. The van der Waals surface area contributed by atoms with Crippen molar-refractivity contribution < 1.29 is 27.2 Å². The molecule has 0 unspecified atom stereocenters. The molecule has 2 amide bonds. The normalized spacial score (nSPS) is 18.9. The van der Waals surface area contributed by atoms with Crippen LogP contribution >= 0.6 is 22.9 Å². The van der Waals surface area contributed by atoms with Crippen LogP contribution in [0.15, 0.2) is 12.1 Å². The third-order valence-corrected chi connectivity index (χ3v) is 7.10. The summed E-state index contributed by atoms with van der Waals surface area (Å²) in [7, 11) is 0. The van der Waals surface area contributed by atoms with Crippen molar-refractivity contribution in [3.63, 3.8) is 0 Å². The summed E-state index contributed by atoms with van der Waals surface area (Å²) in [6, 6.07) is 2.03. The number of rotatable bonds is 3. The van der Waals surface area contributed by atoms with Crippen LogP contribution in [0.3, 0.4) is 0 Å². The second-order valence-corrected chi connectivity index (χ2v) is 8.48. The molecule has 29 heavy (non-hydrogen) atoms. The SMILES string of the molecule is O=CN1CCN(C2CN(C(=O)c3sc4c(C(F)(F)F)c(F)ccc4c3Cl)C2)CC1. The molecule has 1 aromatic heterocycles. The molecule has 0 spiro atoms. The molecule has 0 N–H and O–H groups in total. The number of thiophene rings is 1. The van der Waals surface area contributed by atoms with Gasteiger partial charge in [0.05, 0.1) is 9.72 Å². The van der Waals surface area contributed by atoms with Crippen LogP contribution in [0.25, 0.3) is 10.1 Å². The van der Waals surface area contributed by atoms with Gasteiger partial charge in [-0.3, -0.25) is 14.5 Å². The molecule has 5 nitrogen and oxygen atoms in total. The van der Waals surface area contributed by atoms with Gasteiger partial charge in [-0.1, -0.05) is 11.6 Å². The summed E-state index contributed by atoms with van der Waals surface area (Å²) in [4.78, 5) is 29.0. The van der Waals surface area contributed by atoms with E-state index < -0.39 is 23.5 Å². The molecular weight excluding hydrogens is 434 g/mol. The fourth-order valence-corrected chi connectivity index (χ4v) is 5.34. The van der Waals surface area contributed by atoms with E-state index >= 15 is 0 Å². The van der Waals surface area contributed by atoms with E-state index in [9.17, 15) is 27.2 Å². The van der Waals surface area contributed by atoms with Gasteiger partial charge in [0, 0.05) is 50.7 Å². The number of halogens is 5. The van der Waals surface area contributed by atoms with E-state index in [1.165, 1.54) is 11.0 Å². The van der Waals surface area contributed by atoms with Crippen molar-refractivity contribution in [3.8, 4) is 0 Å². The molecule has 0 aliphatic carbocycles. The first-order chi connectivity index (χ1) is 13.7. The molecule has 1 aromatic carbocycles. The Morgan fingerprint density at radius 2 is 1.83 bits per heavy atom. The summed E-state index contributed by atoms with van der Waals surface area (Å²) in [5.74, 6) is -1.84. The Balaban J connectivity index is 1.52. The van der Waals surface area contributed by atoms with Crippen molar-refractivity contribution >= 4 is 45.3 Å². The van der Waals surface area contributed by atoms with Crippen LogP contribution in [0.5, 0.6) is 0 Å². The van der Waals surface area contributed by atoms with E-state index in [1.54, 1.807) is 4.90 Å². The predicted octanol–water partition coefficient (Wildman–Crippen LogP) is 3.31. The standard InChI is InChI=1S/C18H16ClF4N3O2S/c19-14-11-1-2-12(20)13(18(21,22)23)15(11)29-16(14)17(28)26-7-10(8-26)25-5-3-24(9-27)4-6-25/h1-2,9-10H,3-8H2. The van der Waals surface area contributed by atoms with E-state index in [-0.39, 0.29) is 26.0 Å². The number of likely N-dealkylation sites (tertiary alicyclic amines) is 1. The quantitative estimate of drug-likeness (QED) is 0.533. The Kier molecular flexibility index (Phi) is 5.20. The smallest absolute Gasteiger partial charge is 0.343 e. The fraction of sp³-hybridized carbons (Fsp3) is 0.444. The number of carbonyl (C=O) groups is 2. The maximum atomic E-state index is 13.8. The van der Waals surface area contributed by atoms with Gasteiger partial charge in [0.25, 0.3) is 5.91 Å². The number of fused-ring (bicyclic) bond motifs is 1. The number of piperazine rings is 1. The lowest BCUT2D eigenvalue weighted by molar-refractivity contribution is -0.138. The predicted molar refractivity (Wildman–Crippen MR) is 101 cm³/mol. The van der Waals surface area contributed by atoms with Gasteiger partial charge in [0.2, 0.25) is 6.41 Å². The van der Waals surface area contributed by atoms with Crippen molar-refractivity contribution in [2.75, 3.05) is 39.3 Å². The van der Waals surface area contributed by atoms with E-state index in [1.807, 2.05) is 0 Å². The van der Waals surface area contributed by atoms with Crippen LogP contribution in [0.2, 0.25) is 5.02 Å². The molecule has 2 aliphatic rings. The van der Waals surface area contributed by atoms with Gasteiger partial charge >= 0.3 is 6.18 Å². The lowest BCUT2D eigenvalue weighted by Gasteiger charge is -2.47. The molecule has 0 radical (unpaired) electrons. The van der Waals surface area contributed by atoms with Crippen LogP contribution in [-0.2, 0) is 11.0 Å². The number of hydrogen-bond acceptors (Lipinski definition) is 4. The van der Waals surface area contributed by atoms with Crippen LogP contribution in [-0.4, -0.2) is 72.3 Å².